The third-order valence-electron chi connectivity index (χ3n) is 1.39. The summed E-state index contributed by atoms with van der Waals surface area (Å²) in [6.45, 7) is 0.237. The van der Waals surface area contributed by atoms with Gasteiger partial charge in [-0.05, 0) is 17.7 Å². The predicted octanol–water partition coefficient (Wildman–Crippen LogP) is 0.474. The smallest absolute Gasteiger partial charge is 0.186 e. The molecule has 0 radical (unpaired) electrons. The molecule has 0 saturated heterocycles. The first-order chi connectivity index (χ1) is 5.36. The summed E-state index contributed by atoms with van der Waals surface area (Å²) in [5, 5.41) is 8.40. The van der Waals surface area contributed by atoms with Crippen LogP contribution in [0.15, 0.2) is 24.3 Å². The molecule has 0 fully saturated rings. The van der Waals surface area contributed by atoms with E-state index in [0.717, 1.165) is 5.56 Å². The van der Waals surface area contributed by atoms with E-state index < -0.39 is 0 Å². The van der Waals surface area contributed by atoms with Gasteiger partial charge in [-0.25, -0.2) is 0 Å². The van der Waals surface area contributed by atoms with E-state index in [-0.39, 0.29) is 6.79 Å². The molecule has 0 aliphatic rings. The van der Waals surface area contributed by atoms with Crippen LogP contribution >= 0.6 is 0 Å². The lowest BCUT2D eigenvalue weighted by atomic mass is 10.2. The van der Waals surface area contributed by atoms with E-state index in [1.54, 1.807) is 12.1 Å². The van der Waals surface area contributed by atoms with Crippen LogP contribution < -0.4 is 10.5 Å². The Hall–Kier alpha value is -1.06. The first kappa shape index (κ1) is 8.04. The molecule has 0 atom stereocenters. The second kappa shape index (κ2) is 3.95. The lowest BCUT2D eigenvalue weighted by molar-refractivity contribution is 0.0985. The van der Waals surface area contributed by atoms with Crippen molar-refractivity contribution in [1.29, 1.82) is 0 Å². The van der Waals surface area contributed by atoms with Gasteiger partial charge in [0.25, 0.3) is 0 Å². The van der Waals surface area contributed by atoms with Crippen LogP contribution in [0.3, 0.4) is 0 Å². The van der Waals surface area contributed by atoms with Crippen molar-refractivity contribution < 1.29 is 9.84 Å². The van der Waals surface area contributed by atoms with Gasteiger partial charge in [0.2, 0.25) is 0 Å². The average Bonchev–Trinajstić information content (AvgIpc) is 2.07. The molecule has 3 heteroatoms. The van der Waals surface area contributed by atoms with E-state index in [2.05, 4.69) is 0 Å². The van der Waals surface area contributed by atoms with Gasteiger partial charge >= 0.3 is 0 Å². The minimum Gasteiger partial charge on any atom is -0.468 e. The Kier molecular flexibility index (Phi) is 2.89. The summed E-state index contributed by atoms with van der Waals surface area (Å²) in [7, 11) is 0. The van der Waals surface area contributed by atoms with Crippen molar-refractivity contribution in [3.8, 4) is 5.75 Å². The molecule has 11 heavy (non-hydrogen) atoms. The number of nitrogens with two attached hydrogens (primary N) is 1. The van der Waals surface area contributed by atoms with Gasteiger partial charge in [0.1, 0.15) is 5.75 Å². The highest BCUT2D eigenvalue weighted by Gasteiger charge is 1.91. The lowest BCUT2D eigenvalue weighted by Gasteiger charge is -2.01. The maximum absolute atomic E-state index is 8.40. The topological polar surface area (TPSA) is 55.5 Å². The summed E-state index contributed by atoms with van der Waals surface area (Å²) >= 11 is 0. The van der Waals surface area contributed by atoms with Crippen LogP contribution in [0, 0.1) is 0 Å². The Labute approximate surface area is 65.4 Å². The van der Waals surface area contributed by atoms with E-state index in [1.165, 1.54) is 0 Å². The minimum absolute atomic E-state index is 0.290. The van der Waals surface area contributed by atoms with Crippen LogP contribution in [-0.2, 0) is 6.54 Å². The lowest BCUT2D eigenvalue weighted by Crippen LogP contribution is -1.97. The zero-order chi connectivity index (χ0) is 8.10. The summed E-state index contributed by atoms with van der Waals surface area (Å²) in [4.78, 5) is 0. The van der Waals surface area contributed by atoms with Crippen LogP contribution in [-0.4, -0.2) is 11.9 Å². The number of aliphatic hydroxyl groups excluding tert-OH is 1. The van der Waals surface area contributed by atoms with Gasteiger partial charge in [-0.1, -0.05) is 12.1 Å². The van der Waals surface area contributed by atoms with Crippen LogP contribution in [0.5, 0.6) is 5.75 Å². The Balaban J connectivity index is 2.66. The van der Waals surface area contributed by atoms with Gasteiger partial charge < -0.3 is 15.6 Å². The van der Waals surface area contributed by atoms with Gasteiger partial charge in [-0.3, -0.25) is 0 Å². The fourth-order valence-corrected chi connectivity index (χ4v) is 0.796. The van der Waals surface area contributed by atoms with Crippen LogP contribution in [0.4, 0.5) is 0 Å². The quantitative estimate of drug-likeness (QED) is 0.621. The summed E-state index contributed by atoms with van der Waals surface area (Å²) in [5.74, 6) is 0.657. The fraction of sp³-hybridized carbons (Fsp3) is 0.250. The molecule has 1 rings (SSSR count). The zero-order valence-corrected chi connectivity index (χ0v) is 6.16. The maximum Gasteiger partial charge on any atom is 0.186 e. The molecule has 0 aliphatic heterocycles. The van der Waals surface area contributed by atoms with Gasteiger partial charge in [0.15, 0.2) is 6.79 Å². The summed E-state index contributed by atoms with van der Waals surface area (Å²) in [5.41, 5.74) is 6.43. The van der Waals surface area contributed by atoms with Gasteiger partial charge in [-0.2, -0.15) is 0 Å². The highest BCUT2D eigenvalue weighted by molar-refractivity contribution is 5.26. The Morgan fingerprint density at radius 1 is 1.27 bits per heavy atom. The third kappa shape index (κ3) is 2.22. The highest BCUT2D eigenvalue weighted by Crippen LogP contribution is 2.10. The zero-order valence-electron chi connectivity index (χ0n) is 6.16. The Bertz CT molecular complexity index is 208. The van der Waals surface area contributed by atoms with Gasteiger partial charge in [0.05, 0.1) is 0 Å². The molecule has 0 aromatic heterocycles. The van der Waals surface area contributed by atoms with E-state index in [1.807, 2.05) is 12.1 Å². The molecule has 0 amide bonds. The van der Waals surface area contributed by atoms with Crippen molar-refractivity contribution in [3.05, 3.63) is 29.8 Å². The summed E-state index contributed by atoms with van der Waals surface area (Å²) < 4.78 is 4.82. The second-order valence-corrected chi connectivity index (χ2v) is 2.12. The van der Waals surface area contributed by atoms with Crippen molar-refractivity contribution in [2.75, 3.05) is 6.79 Å². The van der Waals surface area contributed by atoms with Crippen molar-refractivity contribution in [1.82, 2.24) is 0 Å². The van der Waals surface area contributed by atoms with Crippen LogP contribution in [0.25, 0.3) is 0 Å². The van der Waals surface area contributed by atoms with Crippen molar-refractivity contribution >= 4 is 0 Å². The highest BCUT2D eigenvalue weighted by atomic mass is 16.6. The minimum atomic E-state index is -0.290. The second-order valence-electron chi connectivity index (χ2n) is 2.12. The SMILES string of the molecule is NCc1ccc(OCO)cc1. The normalized spacial score (nSPS) is 9.64. The largest absolute Gasteiger partial charge is 0.468 e. The molecule has 60 valence electrons. The third-order valence-corrected chi connectivity index (χ3v) is 1.39. The molecule has 0 spiro atoms. The first-order valence-electron chi connectivity index (χ1n) is 3.39. The molecule has 0 aliphatic carbocycles. The number of hydrogen-bond donors (Lipinski definition) is 2. The molecule has 0 bridgehead atoms. The molecular weight excluding hydrogens is 142 g/mol. The fourth-order valence-electron chi connectivity index (χ4n) is 0.796. The molecule has 1 aromatic carbocycles. The monoisotopic (exact) mass is 153 g/mol. The number of benzene rings is 1. The number of aliphatic hydroxyl groups is 1. The van der Waals surface area contributed by atoms with Gasteiger partial charge in [-0.15, -0.1) is 0 Å². The molecule has 3 nitrogen and oxygen atoms in total. The molecule has 3 N–H and O–H groups in total. The number of hydrogen-bond acceptors (Lipinski definition) is 3. The van der Waals surface area contributed by atoms with E-state index in [9.17, 15) is 0 Å². The van der Waals surface area contributed by atoms with E-state index in [0.29, 0.717) is 12.3 Å². The van der Waals surface area contributed by atoms with Crippen LogP contribution in [0.2, 0.25) is 0 Å². The Morgan fingerprint density at radius 2 is 1.91 bits per heavy atom. The van der Waals surface area contributed by atoms with Gasteiger partial charge in [0, 0.05) is 6.54 Å². The Morgan fingerprint density at radius 3 is 2.36 bits per heavy atom. The van der Waals surface area contributed by atoms with Crippen LogP contribution in [0.1, 0.15) is 5.56 Å². The molecule has 0 heterocycles. The average molecular weight is 153 g/mol. The van der Waals surface area contributed by atoms with Crippen molar-refractivity contribution in [3.63, 3.8) is 0 Å². The van der Waals surface area contributed by atoms with E-state index >= 15 is 0 Å². The molecule has 0 unspecified atom stereocenters. The summed E-state index contributed by atoms with van der Waals surface area (Å²) in [6.07, 6.45) is 0. The molecule has 1 aromatic rings. The maximum atomic E-state index is 8.40. The first-order valence-corrected chi connectivity index (χ1v) is 3.39. The number of ether oxygens (including phenoxy) is 1. The predicted molar refractivity (Wildman–Crippen MR) is 42.0 cm³/mol. The van der Waals surface area contributed by atoms with Crippen molar-refractivity contribution in [2.45, 2.75) is 6.54 Å². The van der Waals surface area contributed by atoms with E-state index in [4.69, 9.17) is 15.6 Å². The molecule has 0 saturated carbocycles. The molecular formula is C8H11NO2. The summed E-state index contributed by atoms with van der Waals surface area (Å²) in [6, 6.07) is 7.28. The standard InChI is InChI=1S/C8H11NO2/c9-5-7-1-3-8(4-2-7)11-6-10/h1-4,10H,5-6,9H2. The van der Waals surface area contributed by atoms with Crippen molar-refractivity contribution in [2.24, 2.45) is 5.73 Å². The number of rotatable bonds is 3.